The highest BCUT2D eigenvalue weighted by atomic mass is 35.5. The molecule has 1 amide bonds. The van der Waals surface area contributed by atoms with Crippen molar-refractivity contribution in [2.24, 2.45) is 0 Å². The summed E-state index contributed by atoms with van der Waals surface area (Å²) in [7, 11) is 0. The molecule has 3 rings (SSSR count). The topological polar surface area (TPSA) is 77.2 Å². The third-order valence-electron chi connectivity index (χ3n) is 3.90. The number of amides is 1. The van der Waals surface area contributed by atoms with Crippen molar-refractivity contribution < 1.29 is 18.4 Å². The average molecular weight is 404 g/mol. The zero-order valence-electron chi connectivity index (χ0n) is 15.6. The number of rotatable bonds is 6. The first-order valence-electron chi connectivity index (χ1n) is 8.67. The Bertz CT molecular complexity index is 967. The minimum Gasteiger partial charge on any atom is -0.475 e. The molecule has 1 N–H and O–H groups in total. The lowest BCUT2D eigenvalue weighted by Gasteiger charge is -2.10. The predicted octanol–water partition coefficient (Wildman–Crippen LogP) is 4.55. The fraction of sp³-hybridized carbons (Fsp3) is 0.250. The summed E-state index contributed by atoms with van der Waals surface area (Å²) in [5, 5.41) is 6.75. The largest absolute Gasteiger partial charge is 0.475 e. The smallest absolute Gasteiger partial charge is 0.257 e. The molecular formula is C20H19ClFN3O3. The molecule has 28 heavy (non-hydrogen) atoms. The Balaban J connectivity index is 1.78. The summed E-state index contributed by atoms with van der Waals surface area (Å²) >= 11 is 6.10. The zero-order chi connectivity index (χ0) is 20.3. The van der Waals surface area contributed by atoms with Crippen LogP contribution in [0.4, 0.5) is 4.39 Å². The van der Waals surface area contributed by atoms with Gasteiger partial charge in [-0.2, -0.15) is 0 Å². The summed E-state index contributed by atoms with van der Waals surface area (Å²) in [6.45, 7) is 5.63. The van der Waals surface area contributed by atoms with Gasteiger partial charge >= 0.3 is 0 Å². The number of ether oxygens (including phenoxy) is 1. The number of aromatic nitrogens is 2. The molecule has 0 saturated carbocycles. The standard InChI is InChI=1S/C20H19ClFN3O3/c1-11(2)27-16-8-7-13(9-23-16)10-24-20(26)17-12(3)28-25-19(17)18-14(21)5-4-6-15(18)22/h4-9,11H,10H2,1-3H3,(H,24,26). The quantitative estimate of drug-likeness (QED) is 0.653. The molecule has 0 unspecified atom stereocenters. The molecule has 1 aromatic carbocycles. The second kappa shape index (κ2) is 8.39. The third kappa shape index (κ3) is 4.31. The summed E-state index contributed by atoms with van der Waals surface area (Å²) in [6.07, 6.45) is 1.64. The number of pyridine rings is 1. The van der Waals surface area contributed by atoms with Crippen LogP contribution in [0.3, 0.4) is 0 Å². The van der Waals surface area contributed by atoms with Crippen molar-refractivity contribution in [3.63, 3.8) is 0 Å². The minimum atomic E-state index is -0.584. The van der Waals surface area contributed by atoms with Crippen molar-refractivity contribution in [3.8, 4) is 17.1 Å². The summed E-state index contributed by atoms with van der Waals surface area (Å²) in [4.78, 5) is 16.9. The molecule has 6 nitrogen and oxygen atoms in total. The second-order valence-corrected chi connectivity index (χ2v) is 6.82. The lowest BCUT2D eigenvalue weighted by atomic mass is 10.0. The van der Waals surface area contributed by atoms with Gasteiger partial charge in [0.05, 0.1) is 16.7 Å². The Morgan fingerprint density at radius 3 is 2.75 bits per heavy atom. The summed E-state index contributed by atoms with van der Waals surface area (Å²) < 4.78 is 24.9. The summed E-state index contributed by atoms with van der Waals surface area (Å²) in [5.74, 6) is -0.252. The monoisotopic (exact) mass is 403 g/mol. The van der Waals surface area contributed by atoms with Crippen LogP contribution in [0, 0.1) is 12.7 Å². The Morgan fingerprint density at radius 2 is 2.11 bits per heavy atom. The minimum absolute atomic E-state index is 0.0262. The lowest BCUT2D eigenvalue weighted by molar-refractivity contribution is 0.0950. The number of hydrogen-bond donors (Lipinski definition) is 1. The van der Waals surface area contributed by atoms with E-state index in [1.165, 1.54) is 18.2 Å². The van der Waals surface area contributed by atoms with Gasteiger partial charge in [0.15, 0.2) is 0 Å². The summed E-state index contributed by atoms with van der Waals surface area (Å²) in [6, 6.07) is 7.79. The fourth-order valence-electron chi connectivity index (χ4n) is 2.63. The van der Waals surface area contributed by atoms with Crippen molar-refractivity contribution in [1.29, 1.82) is 0 Å². The van der Waals surface area contributed by atoms with Gasteiger partial charge in [0, 0.05) is 18.8 Å². The Labute approximate surface area is 166 Å². The molecule has 0 aliphatic carbocycles. The van der Waals surface area contributed by atoms with E-state index >= 15 is 0 Å². The van der Waals surface area contributed by atoms with E-state index in [9.17, 15) is 9.18 Å². The molecule has 0 atom stereocenters. The molecule has 146 valence electrons. The SMILES string of the molecule is Cc1onc(-c2c(F)cccc2Cl)c1C(=O)NCc1ccc(OC(C)C)nc1. The number of hydrogen-bond acceptors (Lipinski definition) is 5. The molecular weight excluding hydrogens is 385 g/mol. The maximum absolute atomic E-state index is 14.2. The third-order valence-corrected chi connectivity index (χ3v) is 4.21. The molecule has 0 spiro atoms. The summed E-state index contributed by atoms with van der Waals surface area (Å²) in [5.41, 5.74) is 1.02. The molecule has 0 saturated heterocycles. The van der Waals surface area contributed by atoms with Crippen molar-refractivity contribution in [2.45, 2.75) is 33.4 Å². The molecule has 0 radical (unpaired) electrons. The Kier molecular flexibility index (Phi) is 5.94. The number of nitrogens with one attached hydrogen (secondary N) is 1. The molecule has 0 bridgehead atoms. The van der Waals surface area contributed by atoms with Gasteiger partial charge in [-0.05, 0) is 38.5 Å². The number of halogens is 2. The lowest BCUT2D eigenvalue weighted by Crippen LogP contribution is -2.24. The van der Waals surface area contributed by atoms with E-state index in [-0.39, 0.29) is 40.3 Å². The molecule has 2 heterocycles. The van der Waals surface area contributed by atoms with E-state index in [0.29, 0.717) is 5.88 Å². The Hall–Kier alpha value is -2.93. The van der Waals surface area contributed by atoms with Crippen LogP contribution < -0.4 is 10.1 Å². The molecule has 0 fully saturated rings. The zero-order valence-corrected chi connectivity index (χ0v) is 16.4. The fourth-order valence-corrected chi connectivity index (χ4v) is 2.88. The number of carbonyl (C=O) groups is 1. The normalized spacial score (nSPS) is 10.9. The van der Waals surface area contributed by atoms with Crippen LogP contribution in [-0.2, 0) is 6.54 Å². The average Bonchev–Trinajstić information content (AvgIpc) is 3.01. The van der Waals surface area contributed by atoms with E-state index in [2.05, 4.69) is 15.5 Å². The van der Waals surface area contributed by atoms with Crippen molar-refractivity contribution >= 4 is 17.5 Å². The van der Waals surface area contributed by atoms with Gasteiger partial charge in [-0.15, -0.1) is 0 Å². The van der Waals surface area contributed by atoms with Crippen LogP contribution in [0.5, 0.6) is 5.88 Å². The van der Waals surface area contributed by atoms with Crippen LogP contribution >= 0.6 is 11.6 Å². The molecule has 8 heteroatoms. The number of carbonyl (C=O) groups excluding carboxylic acids is 1. The maximum atomic E-state index is 14.2. The molecule has 0 aliphatic rings. The Morgan fingerprint density at radius 1 is 1.32 bits per heavy atom. The van der Waals surface area contributed by atoms with E-state index in [1.807, 2.05) is 13.8 Å². The second-order valence-electron chi connectivity index (χ2n) is 6.41. The van der Waals surface area contributed by atoms with Crippen LogP contribution in [0.2, 0.25) is 5.02 Å². The van der Waals surface area contributed by atoms with Crippen LogP contribution in [0.1, 0.15) is 35.5 Å². The van der Waals surface area contributed by atoms with Crippen LogP contribution in [0.25, 0.3) is 11.3 Å². The highest BCUT2D eigenvalue weighted by Crippen LogP contribution is 2.33. The number of nitrogens with zero attached hydrogens (tertiary/aromatic N) is 2. The molecule has 0 aliphatic heterocycles. The van der Waals surface area contributed by atoms with Gasteiger partial charge in [-0.1, -0.05) is 28.9 Å². The van der Waals surface area contributed by atoms with Crippen molar-refractivity contribution in [3.05, 3.63) is 64.3 Å². The highest BCUT2D eigenvalue weighted by molar-refractivity contribution is 6.33. The highest BCUT2D eigenvalue weighted by Gasteiger charge is 2.25. The first-order valence-corrected chi connectivity index (χ1v) is 9.05. The molecule has 3 aromatic rings. The van der Waals surface area contributed by atoms with E-state index < -0.39 is 11.7 Å². The van der Waals surface area contributed by atoms with E-state index in [1.54, 1.807) is 25.3 Å². The first kappa shape index (κ1) is 19.8. The van der Waals surface area contributed by atoms with E-state index in [0.717, 1.165) is 5.56 Å². The van der Waals surface area contributed by atoms with Gasteiger partial charge in [0.2, 0.25) is 5.88 Å². The predicted molar refractivity (Wildman–Crippen MR) is 103 cm³/mol. The number of aryl methyl sites for hydroxylation is 1. The van der Waals surface area contributed by atoms with Gasteiger partial charge in [0.25, 0.3) is 5.91 Å². The van der Waals surface area contributed by atoms with Gasteiger partial charge in [-0.3, -0.25) is 4.79 Å². The van der Waals surface area contributed by atoms with Crippen molar-refractivity contribution in [1.82, 2.24) is 15.5 Å². The first-order chi connectivity index (χ1) is 13.4. The van der Waals surface area contributed by atoms with Gasteiger partial charge < -0.3 is 14.6 Å². The van der Waals surface area contributed by atoms with Gasteiger partial charge in [0.1, 0.15) is 22.8 Å². The molecule has 2 aromatic heterocycles. The van der Waals surface area contributed by atoms with Crippen LogP contribution in [-0.4, -0.2) is 22.2 Å². The van der Waals surface area contributed by atoms with Gasteiger partial charge in [-0.25, -0.2) is 9.37 Å². The maximum Gasteiger partial charge on any atom is 0.257 e. The van der Waals surface area contributed by atoms with Crippen molar-refractivity contribution in [2.75, 3.05) is 0 Å². The number of benzene rings is 1. The van der Waals surface area contributed by atoms with E-state index in [4.69, 9.17) is 20.9 Å². The van der Waals surface area contributed by atoms with Crippen LogP contribution in [0.15, 0.2) is 41.1 Å².